The second kappa shape index (κ2) is 8.67. The molecular formula is C19H19BrN2O4S. The monoisotopic (exact) mass is 450 g/mol. The Kier molecular flexibility index (Phi) is 6.28. The number of hydrogen-bond acceptors (Lipinski definition) is 5. The van der Waals surface area contributed by atoms with Gasteiger partial charge in [0, 0.05) is 29.0 Å². The Bertz CT molecular complexity index is 842. The average Bonchev–Trinajstić information content (AvgIpc) is 3.15. The zero-order valence-electron chi connectivity index (χ0n) is 14.7. The number of carbonyl (C=O) groups is 3. The molecule has 2 heterocycles. The van der Waals surface area contributed by atoms with E-state index in [1.54, 1.807) is 28.5 Å². The van der Waals surface area contributed by atoms with Gasteiger partial charge < -0.3 is 15.0 Å². The van der Waals surface area contributed by atoms with Crippen LogP contribution in [0, 0.1) is 5.92 Å². The van der Waals surface area contributed by atoms with Crippen molar-refractivity contribution in [3.05, 3.63) is 51.3 Å². The molecule has 0 bridgehead atoms. The minimum atomic E-state index is -0.471. The highest BCUT2D eigenvalue weighted by molar-refractivity contribution is 9.10. The number of esters is 1. The summed E-state index contributed by atoms with van der Waals surface area (Å²) >= 11 is 4.65. The van der Waals surface area contributed by atoms with Crippen molar-refractivity contribution >= 4 is 50.1 Å². The molecule has 0 aliphatic carbocycles. The van der Waals surface area contributed by atoms with Crippen LogP contribution in [0.2, 0.25) is 0 Å². The highest BCUT2D eigenvalue weighted by atomic mass is 79.9. The van der Waals surface area contributed by atoms with Gasteiger partial charge in [0.2, 0.25) is 5.91 Å². The van der Waals surface area contributed by atoms with Crippen molar-refractivity contribution in [2.75, 3.05) is 25.5 Å². The largest absolute Gasteiger partial charge is 0.465 e. The molecule has 0 unspecified atom stereocenters. The first-order valence-electron chi connectivity index (χ1n) is 8.51. The molecule has 27 heavy (non-hydrogen) atoms. The van der Waals surface area contributed by atoms with Crippen molar-refractivity contribution in [1.29, 1.82) is 0 Å². The van der Waals surface area contributed by atoms with Gasteiger partial charge in [-0.05, 0) is 48.6 Å². The van der Waals surface area contributed by atoms with Crippen LogP contribution in [0.25, 0.3) is 0 Å². The molecule has 0 saturated carbocycles. The fourth-order valence-electron chi connectivity index (χ4n) is 3.01. The van der Waals surface area contributed by atoms with Gasteiger partial charge in [-0.15, -0.1) is 11.3 Å². The minimum absolute atomic E-state index is 0.0207. The van der Waals surface area contributed by atoms with Crippen molar-refractivity contribution in [3.8, 4) is 0 Å². The third kappa shape index (κ3) is 4.56. The maximum atomic E-state index is 12.6. The van der Waals surface area contributed by atoms with Gasteiger partial charge in [-0.1, -0.05) is 15.9 Å². The van der Waals surface area contributed by atoms with E-state index in [0.717, 1.165) is 4.47 Å². The zero-order valence-corrected chi connectivity index (χ0v) is 17.1. The van der Waals surface area contributed by atoms with Crippen molar-refractivity contribution in [2.24, 2.45) is 5.92 Å². The van der Waals surface area contributed by atoms with E-state index in [0.29, 0.717) is 42.1 Å². The number of amides is 2. The molecule has 0 spiro atoms. The van der Waals surface area contributed by atoms with E-state index in [9.17, 15) is 14.4 Å². The minimum Gasteiger partial charge on any atom is -0.465 e. The lowest BCUT2D eigenvalue weighted by Crippen LogP contribution is -2.41. The molecule has 1 aliphatic rings. The zero-order chi connectivity index (χ0) is 19.4. The quantitative estimate of drug-likeness (QED) is 0.718. The van der Waals surface area contributed by atoms with Gasteiger partial charge >= 0.3 is 5.97 Å². The fraction of sp³-hybridized carbons (Fsp3) is 0.316. The van der Waals surface area contributed by atoms with Gasteiger partial charge in [-0.2, -0.15) is 0 Å². The lowest BCUT2D eigenvalue weighted by atomic mass is 9.95. The van der Waals surface area contributed by atoms with Crippen LogP contribution in [0.4, 0.5) is 5.00 Å². The molecule has 8 heteroatoms. The van der Waals surface area contributed by atoms with E-state index in [4.69, 9.17) is 4.74 Å². The number of hydrogen-bond donors (Lipinski definition) is 1. The number of likely N-dealkylation sites (tertiary alicyclic amines) is 1. The molecule has 1 aromatic heterocycles. The number of carbonyl (C=O) groups excluding carboxylic acids is 3. The van der Waals surface area contributed by atoms with E-state index < -0.39 is 5.97 Å². The molecule has 1 saturated heterocycles. The van der Waals surface area contributed by atoms with Gasteiger partial charge in [0.15, 0.2) is 0 Å². The van der Waals surface area contributed by atoms with Crippen LogP contribution in [-0.2, 0) is 9.53 Å². The summed E-state index contributed by atoms with van der Waals surface area (Å²) in [5, 5.41) is 5.07. The second-order valence-electron chi connectivity index (χ2n) is 6.22. The van der Waals surface area contributed by atoms with Crippen LogP contribution in [0.1, 0.15) is 33.6 Å². The summed E-state index contributed by atoms with van der Waals surface area (Å²) in [6, 6.07) is 8.89. The Morgan fingerprint density at radius 1 is 1.15 bits per heavy atom. The third-order valence-electron chi connectivity index (χ3n) is 4.55. The van der Waals surface area contributed by atoms with E-state index in [1.807, 2.05) is 12.1 Å². The lowest BCUT2D eigenvalue weighted by molar-refractivity contribution is -0.121. The predicted molar refractivity (Wildman–Crippen MR) is 107 cm³/mol. The van der Waals surface area contributed by atoms with Gasteiger partial charge in [0.1, 0.15) is 5.00 Å². The Labute approximate surface area is 169 Å². The Morgan fingerprint density at radius 3 is 2.44 bits per heavy atom. The second-order valence-corrected chi connectivity index (χ2v) is 8.05. The molecule has 142 valence electrons. The molecule has 2 aromatic rings. The SMILES string of the molecule is COC(=O)c1ccsc1NC(=O)C1CCN(C(=O)c2ccc(Br)cc2)CC1. The van der Waals surface area contributed by atoms with E-state index in [1.165, 1.54) is 18.4 Å². The Balaban J connectivity index is 1.56. The predicted octanol–water partition coefficient (Wildman–Crippen LogP) is 3.79. The summed E-state index contributed by atoms with van der Waals surface area (Å²) in [5.41, 5.74) is 1.00. The van der Waals surface area contributed by atoms with Crippen LogP contribution in [0.15, 0.2) is 40.2 Å². The number of ether oxygens (including phenoxy) is 1. The molecule has 1 aromatic carbocycles. The standard InChI is InChI=1S/C19H19BrN2O4S/c1-26-19(25)15-8-11-27-17(15)21-16(23)12-6-9-22(10-7-12)18(24)13-2-4-14(20)5-3-13/h2-5,8,11-12H,6-7,9-10H2,1H3,(H,21,23). The topological polar surface area (TPSA) is 75.7 Å². The number of anilines is 1. The first-order valence-corrected chi connectivity index (χ1v) is 10.2. The maximum absolute atomic E-state index is 12.6. The highest BCUT2D eigenvalue weighted by Gasteiger charge is 2.28. The summed E-state index contributed by atoms with van der Waals surface area (Å²) in [4.78, 5) is 38.6. The maximum Gasteiger partial charge on any atom is 0.340 e. The van der Waals surface area contributed by atoms with Crippen LogP contribution in [0.3, 0.4) is 0 Å². The molecule has 6 nitrogen and oxygen atoms in total. The number of thiophene rings is 1. The van der Waals surface area contributed by atoms with Crippen LogP contribution < -0.4 is 5.32 Å². The average molecular weight is 451 g/mol. The number of nitrogens with one attached hydrogen (secondary N) is 1. The third-order valence-corrected chi connectivity index (χ3v) is 5.91. The van der Waals surface area contributed by atoms with Gasteiger partial charge in [-0.25, -0.2) is 4.79 Å². The molecule has 1 aliphatic heterocycles. The summed E-state index contributed by atoms with van der Waals surface area (Å²) in [7, 11) is 1.31. The normalized spacial score (nSPS) is 14.7. The van der Waals surface area contributed by atoms with E-state index in [-0.39, 0.29) is 17.7 Å². The van der Waals surface area contributed by atoms with Gasteiger partial charge in [0.25, 0.3) is 5.91 Å². The number of rotatable bonds is 4. The first-order chi connectivity index (χ1) is 13.0. The number of halogens is 1. The number of piperidine rings is 1. The fourth-order valence-corrected chi connectivity index (χ4v) is 4.05. The number of nitrogens with zero attached hydrogens (tertiary/aromatic N) is 1. The van der Waals surface area contributed by atoms with E-state index >= 15 is 0 Å². The molecule has 2 amide bonds. The van der Waals surface area contributed by atoms with Crippen LogP contribution in [-0.4, -0.2) is 42.9 Å². The van der Waals surface area contributed by atoms with Crippen molar-refractivity contribution < 1.29 is 19.1 Å². The van der Waals surface area contributed by atoms with Crippen LogP contribution >= 0.6 is 27.3 Å². The summed E-state index contributed by atoms with van der Waals surface area (Å²) in [6.07, 6.45) is 1.18. The molecule has 1 N–H and O–H groups in total. The molecule has 3 rings (SSSR count). The van der Waals surface area contributed by atoms with Gasteiger partial charge in [-0.3, -0.25) is 9.59 Å². The summed E-state index contributed by atoms with van der Waals surface area (Å²) < 4.78 is 5.65. The van der Waals surface area contributed by atoms with Crippen molar-refractivity contribution in [2.45, 2.75) is 12.8 Å². The van der Waals surface area contributed by atoms with Crippen LogP contribution in [0.5, 0.6) is 0 Å². The number of methoxy groups -OCH3 is 1. The molecule has 0 atom stereocenters. The molecular weight excluding hydrogens is 432 g/mol. The molecule has 0 radical (unpaired) electrons. The molecule has 1 fully saturated rings. The number of benzene rings is 1. The highest BCUT2D eigenvalue weighted by Crippen LogP contribution is 2.27. The van der Waals surface area contributed by atoms with Gasteiger partial charge in [0.05, 0.1) is 12.7 Å². The van der Waals surface area contributed by atoms with Crippen molar-refractivity contribution in [3.63, 3.8) is 0 Å². The summed E-state index contributed by atoms with van der Waals surface area (Å²) in [5.74, 6) is -0.807. The first kappa shape index (κ1) is 19.6. The van der Waals surface area contributed by atoms with Crippen molar-refractivity contribution in [1.82, 2.24) is 4.90 Å². The Morgan fingerprint density at radius 2 is 1.81 bits per heavy atom. The Hall–Kier alpha value is -2.19. The lowest BCUT2D eigenvalue weighted by Gasteiger charge is -2.31. The smallest absolute Gasteiger partial charge is 0.340 e. The summed E-state index contributed by atoms with van der Waals surface area (Å²) in [6.45, 7) is 1.06. The van der Waals surface area contributed by atoms with E-state index in [2.05, 4.69) is 21.2 Å².